The van der Waals surface area contributed by atoms with Crippen molar-refractivity contribution in [2.24, 2.45) is 0 Å². The zero-order chi connectivity index (χ0) is 17.9. The molecule has 4 rings (SSSR count). The van der Waals surface area contributed by atoms with Crippen LogP contribution in [0.4, 0.5) is 4.39 Å². The molecule has 2 heterocycles. The average molecular weight is 426 g/mol. The molecule has 1 unspecified atom stereocenters. The molecule has 0 radical (unpaired) electrons. The van der Waals surface area contributed by atoms with Gasteiger partial charge in [0, 0.05) is 44.3 Å². The predicted molar refractivity (Wildman–Crippen MR) is 115 cm³/mol. The Morgan fingerprint density at radius 1 is 0.964 bits per heavy atom. The fraction of sp³-hybridized carbons (Fsp3) is 0.381. The Labute approximate surface area is 177 Å². The lowest BCUT2D eigenvalue weighted by atomic mass is 10.0. The second-order valence-corrected chi connectivity index (χ2v) is 7.07. The lowest BCUT2D eigenvalue weighted by Crippen LogP contribution is -2.52. The summed E-state index contributed by atoms with van der Waals surface area (Å²) in [6.07, 6.45) is 1.20. The Balaban J connectivity index is 0.00000140. The van der Waals surface area contributed by atoms with E-state index in [1.807, 2.05) is 35.2 Å². The van der Waals surface area contributed by atoms with Crippen molar-refractivity contribution in [2.75, 3.05) is 39.3 Å². The zero-order valence-corrected chi connectivity index (χ0v) is 17.3. The number of hydrogen-bond acceptors (Lipinski definition) is 3. The minimum atomic E-state index is -0.267. The van der Waals surface area contributed by atoms with Gasteiger partial charge in [-0.05, 0) is 48.4 Å². The third-order valence-corrected chi connectivity index (χ3v) is 5.42. The van der Waals surface area contributed by atoms with Crippen LogP contribution in [0.1, 0.15) is 16.8 Å². The molecule has 2 aromatic rings. The predicted octanol–water partition coefficient (Wildman–Crippen LogP) is 3.46. The molecule has 1 atom stereocenters. The van der Waals surface area contributed by atoms with Gasteiger partial charge in [0.2, 0.25) is 0 Å². The fourth-order valence-electron chi connectivity index (χ4n) is 3.92. The smallest absolute Gasteiger partial charge is 0.253 e. The van der Waals surface area contributed by atoms with Crippen LogP contribution in [0.2, 0.25) is 0 Å². The monoisotopic (exact) mass is 425 g/mol. The van der Waals surface area contributed by atoms with Gasteiger partial charge in [0.05, 0.1) is 0 Å². The van der Waals surface area contributed by atoms with E-state index in [0.717, 1.165) is 50.4 Å². The first-order chi connectivity index (χ1) is 12.7. The summed E-state index contributed by atoms with van der Waals surface area (Å²) in [6, 6.07) is 14.6. The quantitative estimate of drug-likeness (QED) is 0.817. The van der Waals surface area contributed by atoms with Gasteiger partial charge in [0.15, 0.2) is 0 Å². The van der Waals surface area contributed by atoms with E-state index in [0.29, 0.717) is 11.6 Å². The van der Waals surface area contributed by atoms with Gasteiger partial charge in [-0.15, -0.1) is 24.8 Å². The van der Waals surface area contributed by atoms with Crippen LogP contribution in [0.3, 0.4) is 0 Å². The van der Waals surface area contributed by atoms with Crippen molar-refractivity contribution in [1.29, 1.82) is 0 Å². The Kier molecular flexibility index (Phi) is 8.25. The summed E-state index contributed by atoms with van der Waals surface area (Å²) in [5, 5.41) is 3.41. The van der Waals surface area contributed by atoms with Gasteiger partial charge in [0.25, 0.3) is 5.91 Å². The Morgan fingerprint density at radius 3 is 2.29 bits per heavy atom. The minimum Gasteiger partial charge on any atom is -0.336 e. The molecule has 152 valence electrons. The zero-order valence-electron chi connectivity index (χ0n) is 15.6. The molecule has 1 amide bonds. The second kappa shape index (κ2) is 10.2. The summed E-state index contributed by atoms with van der Waals surface area (Å²) in [5.74, 6) is -0.204. The highest BCUT2D eigenvalue weighted by atomic mass is 35.5. The van der Waals surface area contributed by atoms with Crippen molar-refractivity contribution in [2.45, 2.75) is 12.5 Å². The number of benzene rings is 2. The lowest BCUT2D eigenvalue weighted by Gasteiger charge is -2.37. The molecule has 0 spiro atoms. The fourth-order valence-corrected chi connectivity index (χ4v) is 3.92. The van der Waals surface area contributed by atoms with Crippen LogP contribution in [0, 0.1) is 5.82 Å². The lowest BCUT2D eigenvalue weighted by molar-refractivity contribution is 0.0584. The number of carbonyl (C=O) groups excluding carboxylic acids is 1. The Hall–Kier alpha value is -1.66. The van der Waals surface area contributed by atoms with Gasteiger partial charge in [-0.3, -0.25) is 9.69 Å². The van der Waals surface area contributed by atoms with E-state index in [1.54, 1.807) is 6.07 Å². The molecular formula is C21H26Cl2FN3O. The highest BCUT2D eigenvalue weighted by molar-refractivity contribution is 5.95. The standard InChI is InChI=1S/C21H24FN3O.2ClH/c22-19-6-2-4-17(14-19)16-3-1-5-18(13-16)21(26)25-11-9-24(10-12-25)20-7-8-23-15-20;;/h1-6,13-14,20,23H,7-12,15H2;2*1H. The topological polar surface area (TPSA) is 35.6 Å². The highest BCUT2D eigenvalue weighted by Crippen LogP contribution is 2.22. The largest absolute Gasteiger partial charge is 0.336 e. The molecule has 2 aliphatic rings. The Morgan fingerprint density at radius 2 is 1.64 bits per heavy atom. The molecular weight excluding hydrogens is 400 g/mol. The van der Waals surface area contributed by atoms with Crippen LogP contribution in [0.25, 0.3) is 11.1 Å². The van der Waals surface area contributed by atoms with E-state index < -0.39 is 0 Å². The molecule has 0 aliphatic carbocycles. The van der Waals surface area contributed by atoms with E-state index in [1.165, 1.54) is 18.6 Å². The van der Waals surface area contributed by atoms with Crippen LogP contribution in [0.5, 0.6) is 0 Å². The summed E-state index contributed by atoms with van der Waals surface area (Å²) < 4.78 is 13.5. The molecule has 1 N–H and O–H groups in total. The third-order valence-electron chi connectivity index (χ3n) is 5.42. The van der Waals surface area contributed by atoms with Crippen LogP contribution < -0.4 is 5.32 Å². The van der Waals surface area contributed by atoms with Crippen molar-refractivity contribution in [3.05, 3.63) is 59.9 Å². The number of piperazine rings is 1. The number of amides is 1. The summed E-state index contributed by atoms with van der Waals surface area (Å²) in [4.78, 5) is 17.3. The summed E-state index contributed by atoms with van der Waals surface area (Å²) >= 11 is 0. The summed E-state index contributed by atoms with van der Waals surface area (Å²) in [5.41, 5.74) is 2.33. The number of rotatable bonds is 3. The van der Waals surface area contributed by atoms with E-state index in [-0.39, 0.29) is 36.5 Å². The SMILES string of the molecule is Cl.Cl.O=C(c1cccc(-c2cccc(F)c2)c1)N1CCN(C2CCNC2)CC1. The van der Waals surface area contributed by atoms with Crippen LogP contribution >= 0.6 is 24.8 Å². The molecule has 0 aromatic heterocycles. The molecule has 2 fully saturated rings. The third kappa shape index (κ3) is 5.03. The molecule has 2 aromatic carbocycles. The van der Waals surface area contributed by atoms with Gasteiger partial charge in [-0.1, -0.05) is 24.3 Å². The number of hydrogen-bond donors (Lipinski definition) is 1. The normalized spacial score (nSPS) is 19.6. The summed E-state index contributed by atoms with van der Waals surface area (Å²) in [7, 11) is 0. The van der Waals surface area contributed by atoms with Crippen LogP contribution in [-0.2, 0) is 0 Å². The van der Waals surface area contributed by atoms with Crippen molar-refractivity contribution in [1.82, 2.24) is 15.1 Å². The maximum atomic E-state index is 13.5. The van der Waals surface area contributed by atoms with Crippen molar-refractivity contribution in [3.63, 3.8) is 0 Å². The van der Waals surface area contributed by atoms with E-state index in [9.17, 15) is 9.18 Å². The summed E-state index contributed by atoms with van der Waals surface area (Å²) in [6.45, 7) is 5.54. The van der Waals surface area contributed by atoms with Crippen molar-refractivity contribution in [3.8, 4) is 11.1 Å². The first-order valence-corrected chi connectivity index (χ1v) is 9.31. The van der Waals surface area contributed by atoms with Crippen LogP contribution in [0.15, 0.2) is 48.5 Å². The van der Waals surface area contributed by atoms with Gasteiger partial charge in [-0.2, -0.15) is 0 Å². The first kappa shape index (κ1) is 22.6. The molecule has 7 heteroatoms. The maximum absolute atomic E-state index is 13.5. The maximum Gasteiger partial charge on any atom is 0.253 e. The Bertz CT molecular complexity index is 791. The van der Waals surface area contributed by atoms with Gasteiger partial charge in [-0.25, -0.2) is 4.39 Å². The van der Waals surface area contributed by atoms with E-state index in [2.05, 4.69) is 10.2 Å². The number of nitrogens with one attached hydrogen (secondary N) is 1. The van der Waals surface area contributed by atoms with Gasteiger partial charge < -0.3 is 10.2 Å². The minimum absolute atomic E-state index is 0. The molecule has 4 nitrogen and oxygen atoms in total. The number of carbonyl (C=O) groups is 1. The number of halogens is 3. The van der Waals surface area contributed by atoms with Crippen LogP contribution in [-0.4, -0.2) is 61.0 Å². The van der Waals surface area contributed by atoms with E-state index in [4.69, 9.17) is 0 Å². The average Bonchev–Trinajstić information content (AvgIpc) is 3.22. The first-order valence-electron chi connectivity index (χ1n) is 9.31. The van der Waals surface area contributed by atoms with Gasteiger partial charge in [0.1, 0.15) is 5.82 Å². The van der Waals surface area contributed by atoms with Gasteiger partial charge >= 0.3 is 0 Å². The molecule has 2 saturated heterocycles. The molecule has 28 heavy (non-hydrogen) atoms. The van der Waals surface area contributed by atoms with Crippen molar-refractivity contribution >= 4 is 30.7 Å². The highest BCUT2D eigenvalue weighted by Gasteiger charge is 2.28. The van der Waals surface area contributed by atoms with E-state index >= 15 is 0 Å². The second-order valence-electron chi connectivity index (χ2n) is 7.07. The van der Waals surface area contributed by atoms with Crippen molar-refractivity contribution < 1.29 is 9.18 Å². The molecule has 2 aliphatic heterocycles. The number of nitrogens with zero attached hydrogens (tertiary/aromatic N) is 2. The molecule has 0 bridgehead atoms. The molecule has 0 saturated carbocycles.